The number of quaternary nitrogens is 2. The summed E-state index contributed by atoms with van der Waals surface area (Å²) in [5, 5.41) is 0. The summed E-state index contributed by atoms with van der Waals surface area (Å²) in [6.45, 7) is 0. The Morgan fingerprint density at radius 1 is 0.288 bits per heavy atom. The molecule has 278 valence electrons. The Balaban J connectivity index is 0.000000827. The highest BCUT2D eigenvalue weighted by atomic mass is 35.6. The van der Waals surface area contributed by atoms with Crippen LogP contribution < -0.4 is 57.4 Å². The summed E-state index contributed by atoms with van der Waals surface area (Å²) in [4.78, 5) is 11.0. The third-order valence-electron chi connectivity index (χ3n) is 8.15. The van der Waals surface area contributed by atoms with Gasteiger partial charge in [0.1, 0.15) is 34.1 Å². The van der Waals surface area contributed by atoms with Crippen LogP contribution in [0.3, 0.4) is 0 Å². The van der Waals surface area contributed by atoms with Crippen molar-refractivity contribution in [2.75, 3.05) is 76.0 Å². The van der Waals surface area contributed by atoms with Gasteiger partial charge in [0.2, 0.25) is 0 Å². The molecule has 5 rings (SSSR count). The Hall–Kier alpha value is -4.44. The van der Waals surface area contributed by atoms with E-state index in [0.717, 1.165) is 0 Å². The quantitative estimate of drug-likeness (QED) is 0.185. The zero-order valence-corrected chi connectivity index (χ0v) is 32.1. The summed E-state index contributed by atoms with van der Waals surface area (Å²) >= 11 is 0. The van der Waals surface area contributed by atoms with Gasteiger partial charge in [-0.25, -0.2) is 9.80 Å². The van der Waals surface area contributed by atoms with Gasteiger partial charge in [-0.3, -0.25) is 0 Å². The van der Waals surface area contributed by atoms with Crippen LogP contribution in [0.5, 0.6) is 0 Å². The van der Waals surface area contributed by atoms with Gasteiger partial charge in [0.15, 0.2) is 0 Å². The third-order valence-corrected chi connectivity index (χ3v) is 8.15. The first-order valence-electron chi connectivity index (χ1n) is 16.0. The number of benzene rings is 5. The van der Waals surface area contributed by atoms with E-state index in [1.807, 2.05) is 0 Å². The molecule has 0 aliphatic heterocycles. The molecule has 0 saturated heterocycles. The summed E-state index contributed by atoms with van der Waals surface area (Å²) in [6.07, 6.45) is 0. The lowest BCUT2D eigenvalue weighted by Gasteiger charge is -2.23. The van der Waals surface area contributed by atoms with E-state index in [4.69, 9.17) is 28.0 Å². The van der Waals surface area contributed by atoms with Crippen LogP contribution in [0, 0.1) is 21.6 Å². The molecule has 0 radical (unpaired) electrons. The molecule has 5 aromatic rings. The molecule has 2 N–H and O–H groups in total. The van der Waals surface area contributed by atoms with E-state index in [2.05, 4.69) is 197 Å². The van der Waals surface area contributed by atoms with Gasteiger partial charge >= 0.3 is 0 Å². The first kappa shape index (κ1) is 42.0. The molecule has 0 aromatic heterocycles. The van der Waals surface area contributed by atoms with Crippen molar-refractivity contribution in [1.82, 2.24) is 0 Å². The Morgan fingerprint density at radius 3 is 0.519 bits per heavy atom. The molecular formula is C38H46Cl2N6O6. The molecule has 0 aliphatic carbocycles. The highest BCUT2D eigenvalue weighted by molar-refractivity contribution is 5.59. The molecule has 0 amide bonds. The van der Waals surface area contributed by atoms with Crippen molar-refractivity contribution in [2.24, 2.45) is 0 Å². The van der Waals surface area contributed by atoms with E-state index in [1.54, 1.807) is 0 Å². The molecule has 0 unspecified atom stereocenters. The highest BCUT2D eigenvalue weighted by Crippen LogP contribution is 2.24. The van der Waals surface area contributed by atoms with Crippen LogP contribution in [0.15, 0.2) is 121 Å². The predicted octanol–water partition coefficient (Wildman–Crippen LogP) is -0.824. The monoisotopic (exact) mass is 752 g/mol. The lowest BCUT2D eigenvalue weighted by atomic mass is 10.1. The van der Waals surface area contributed by atoms with Gasteiger partial charge in [0, 0.05) is 152 Å². The Labute approximate surface area is 312 Å². The van der Waals surface area contributed by atoms with Crippen molar-refractivity contribution in [1.29, 1.82) is 0 Å². The average molecular weight is 754 g/mol. The molecule has 5 aromatic carbocycles. The minimum atomic E-state index is -2.85. The van der Waals surface area contributed by atoms with Crippen LogP contribution in [0.1, 0.15) is 0 Å². The second-order valence-corrected chi connectivity index (χ2v) is 13.2. The average Bonchev–Trinajstić information content (AvgIpc) is 3.09. The topological polar surface area (TPSA) is 160 Å². The molecule has 12 nitrogen and oxygen atoms in total. The number of hydrogen-bond donors (Lipinski definition) is 2. The number of hydrogen-bond acceptors (Lipinski definition) is 10. The molecule has 0 atom stereocenters. The second-order valence-electron chi connectivity index (χ2n) is 12.5. The van der Waals surface area contributed by atoms with E-state index in [1.165, 1.54) is 66.7 Å². The molecule has 0 saturated carbocycles. The van der Waals surface area contributed by atoms with Crippen molar-refractivity contribution in [3.8, 4) is 0 Å². The number of rotatable bonds is 10. The summed E-state index contributed by atoms with van der Waals surface area (Å²) in [5.74, 6) is 0. The predicted molar refractivity (Wildman–Crippen MR) is 189 cm³/mol. The van der Waals surface area contributed by atoms with Gasteiger partial charge in [-0.1, -0.05) is 0 Å². The van der Waals surface area contributed by atoms with Crippen molar-refractivity contribution < 1.29 is 59.3 Å². The summed E-state index contributed by atoms with van der Waals surface area (Å²) in [5.41, 5.74) is 11.9. The summed E-state index contributed by atoms with van der Waals surface area (Å²) in [7, 11) is 10.9. The van der Waals surface area contributed by atoms with Gasteiger partial charge < -0.3 is 47.6 Å². The smallest absolute Gasteiger partial charge is 0.141 e. The highest BCUT2D eigenvalue weighted by Gasteiger charge is 2.23. The maximum Gasteiger partial charge on any atom is 0.141 e. The van der Waals surface area contributed by atoms with E-state index >= 15 is 0 Å². The minimum Gasteiger partial charge on any atom is -0.378 e. The molecule has 0 fully saturated rings. The summed E-state index contributed by atoms with van der Waals surface area (Å²) in [6, 6.07) is 44.5. The van der Waals surface area contributed by atoms with Crippen LogP contribution in [-0.4, -0.2) is 56.4 Å². The van der Waals surface area contributed by atoms with Crippen molar-refractivity contribution in [3.63, 3.8) is 0 Å². The normalized spacial score (nSPS) is 10.8. The molecule has 0 heterocycles. The first-order chi connectivity index (χ1) is 24.6. The molecule has 52 heavy (non-hydrogen) atoms. The fraction of sp³-hybridized carbons (Fsp3) is 0.211. The second kappa shape index (κ2) is 20.0. The van der Waals surface area contributed by atoms with Crippen LogP contribution in [0.25, 0.3) is 0 Å². The Morgan fingerprint density at radius 2 is 0.404 bits per heavy atom. The lowest BCUT2D eigenvalue weighted by molar-refractivity contribution is -1.73. The van der Waals surface area contributed by atoms with E-state index in [0.29, 0.717) is 0 Å². The lowest BCUT2D eigenvalue weighted by Crippen LogP contribution is -2.97. The van der Waals surface area contributed by atoms with E-state index < -0.39 is 21.6 Å². The molecule has 0 bridgehead atoms. The number of anilines is 4. The molecule has 0 spiro atoms. The largest absolute Gasteiger partial charge is 0.378 e. The number of nitrogens with one attached hydrogen (secondary N) is 2. The van der Waals surface area contributed by atoms with Crippen molar-refractivity contribution in [2.45, 2.75) is 0 Å². The molecular weight excluding hydrogens is 707 g/mol. The first-order valence-corrected chi connectivity index (χ1v) is 17.9. The van der Waals surface area contributed by atoms with Gasteiger partial charge in [0.25, 0.3) is 0 Å². The summed E-state index contributed by atoms with van der Waals surface area (Å²) < 4.78 is 50.4. The molecule has 0 aliphatic rings. The third kappa shape index (κ3) is 12.4. The van der Waals surface area contributed by atoms with Gasteiger partial charge in [-0.15, -0.1) is 0 Å². The van der Waals surface area contributed by atoms with Crippen LogP contribution in [-0.2, 0) is 0 Å². The standard InChI is InChI=1S/C38H44N6.2ClO3/c1-39(2)29-9-17-33(18-10-29)43(34-19-11-30(12-20-34)40(3)4)37-25-27-38(28-26-37)44(35-21-13-31(14-22-35)41(5)6)36-23-15-32(16-24-36)42(7)8;2*2-1(3)4/h9-28H,1-8H3;;/q;2*-1/p+2. The number of halogens is 2. The number of nitrogens with zero attached hydrogens (tertiary/aromatic N) is 4. The van der Waals surface area contributed by atoms with Gasteiger partial charge in [-0.05, 0) is 48.5 Å². The minimum absolute atomic E-state index is 1.19. The fourth-order valence-electron chi connectivity index (χ4n) is 5.51. The van der Waals surface area contributed by atoms with Crippen LogP contribution in [0.2, 0.25) is 0 Å². The van der Waals surface area contributed by atoms with Gasteiger partial charge in [0.05, 0.1) is 21.6 Å². The van der Waals surface area contributed by atoms with E-state index in [9.17, 15) is 0 Å². The van der Waals surface area contributed by atoms with Gasteiger partial charge in [-0.2, -0.15) is 0 Å². The molecule has 14 heteroatoms. The fourth-order valence-corrected chi connectivity index (χ4v) is 5.51. The zero-order chi connectivity index (χ0) is 38.5. The maximum absolute atomic E-state index is 8.41. The van der Waals surface area contributed by atoms with Crippen LogP contribution >= 0.6 is 0 Å². The zero-order valence-electron chi connectivity index (χ0n) is 30.5. The SMILES string of the molecule is CN(C)c1ccc([NH+](c2ccc(N(C)C)cc2)c2ccc([NH+](c3ccc(N(C)C)cc3)c3ccc(N(C)C)cc3)cc2)cc1.[O-][Cl+2]([O-])[O-].[O-][Cl+2]([O-])[O-]. The van der Waals surface area contributed by atoms with E-state index in [-0.39, 0.29) is 0 Å². The maximum atomic E-state index is 8.41. The Bertz CT molecular complexity index is 1520. The van der Waals surface area contributed by atoms with Crippen molar-refractivity contribution >= 4 is 56.9 Å². The van der Waals surface area contributed by atoms with Crippen molar-refractivity contribution in [3.05, 3.63) is 121 Å². The Kier molecular flexibility index (Phi) is 16.1. The van der Waals surface area contributed by atoms with Crippen LogP contribution in [0.4, 0.5) is 56.9 Å².